The molecule has 1 aliphatic heterocycles. The highest BCUT2D eigenvalue weighted by Gasteiger charge is 2.25. The fourth-order valence-corrected chi connectivity index (χ4v) is 1.88. The molecule has 0 saturated carbocycles. The zero-order chi connectivity index (χ0) is 12.4. The van der Waals surface area contributed by atoms with E-state index in [2.05, 4.69) is 10.3 Å². The molecule has 0 aliphatic carbocycles. The van der Waals surface area contributed by atoms with Crippen molar-refractivity contribution in [3.05, 3.63) is 17.8 Å². The van der Waals surface area contributed by atoms with Crippen LogP contribution < -0.4 is 16.8 Å². The van der Waals surface area contributed by atoms with E-state index in [9.17, 15) is 4.79 Å². The van der Waals surface area contributed by atoms with Crippen LogP contribution in [0.1, 0.15) is 23.7 Å². The first-order valence-electron chi connectivity index (χ1n) is 5.51. The van der Waals surface area contributed by atoms with Crippen molar-refractivity contribution in [1.29, 1.82) is 0 Å². The summed E-state index contributed by atoms with van der Waals surface area (Å²) in [7, 11) is 0. The van der Waals surface area contributed by atoms with Crippen LogP contribution in [0.2, 0.25) is 0 Å². The molecule has 1 aliphatic rings. The van der Waals surface area contributed by atoms with Crippen molar-refractivity contribution in [2.45, 2.75) is 25.5 Å². The van der Waals surface area contributed by atoms with Crippen molar-refractivity contribution in [2.75, 3.05) is 17.7 Å². The van der Waals surface area contributed by atoms with E-state index in [1.807, 2.05) is 6.92 Å². The number of aromatic nitrogens is 1. The second kappa shape index (κ2) is 4.58. The van der Waals surface area contributed by atoms with E-state index in [4.69, 9.17) is 16.2 Å². The molecule has 6 heteroatoms. The SMILES string of the molecule is CC1OCCC1Nc1ncc(N)cc1C(N)=O. The third kappa shape index (κ3) is 2.47. The van der Waals surface area contributed by atoms with Gasteiger partial charge in [-0.05, 0) is 19.4 Å². The standard InChI is InChI=1S/C11H16N4O2/c1-6-9(2-3-17-6)15-11-8(10(13)16)4-7(12)5-14-11/h4-6,9H,2-3,12H2,1H3,(H2,13,16)(H,14,15). The third-order valence-electron chi connectivity index (χ3n) is 2.87. The van der Waals surface area contributed by atoms with Gasteiger partial charge in [0, 0.05) is 6.61 Å². The summed E-state index contributed by atoms with van der Waals surface area (Å²) in [4.78, 5) is 15.4. The summed E-state index contributed by atoms with van der Waals surface area (Å²) in [5, 5.41) is 3.18. The Balaban J connectivity index is 2.22. The molecule has 1 amide bonds. The van der Waals surface area contributed by atoms with Gasteiger partial charge < -0.3 is 21.5 Å². The lowest BCUT2D eigenvalue weighted by Gasteiger charge is -2.18. The van der Waals surface area contributed by atoms with Gasteiger partial charge in [0.15, 0.2) is 0 Å². The minimum atomic E-state index is -0.543. The van der Waals surface area contributed by atoms with Gasteiger partial charge in [0.05, 0.1) is 29.6 Å². The molecular weight excluding hydrogens is 220 g/mol. The number of nitrogen functional groups attached to an aromatic ring is 1. The maximum atomic E-state index is 11.3. The number of primary amides is 1. The number of nitrogens with zero attached hydrogens (tertiary/aromatic N) is 1. The summed E-state index contributed by atoms with van der Waals surface area (Å²) >= 11 is 0. The Morgan fingerprint density at radius 1 is 1.65 bits per heavy atom. The first kappa shape index (κ1) is 11.7. The number of amides is 1. The lowest BCUT2D eigenvalue weighted by molar-refractivity contribution is 0.1000. The van der Waals surface area contributed by atoms with Crippen LogP contribution in [0, 0.1) is 0 Å². The normalized spacial score (nSPS) is 23.6. The molecule has 0 bridgehead atoms. The smallest absolute Gasteiger partial charge is 0.252 e. The molecule has 1 aromatic heterocycles. The number of hydrogen-bond acceptors (Lipinski definition) is 5. The lowest BCUT2D eigenvalue weighted by Crippen LogP contribution is -2.29. The second-order valence-electron chi connectivity index (χ2n) is 4.14. The van der Waals surface area contributed by atoms with Crippen LogP contribution in [0.25, 0.3) is 0 Å². The summed E-state index contributed by atoms with van der Waals surface area (Å²) in [6, 6.07) is 1.67. The third-order valence-corrected chi connectivity index (χ3v) is 2.87. The van der Waals surface area contributed by atoms with Gasteiger partial charge in [0.25, 0.3) is 5.91 Å². The predicted octanol–water partition coefficient (Wildman–Crippen LogP) is 0.352. The maximum absolute atomic E-state index is 11.3. The van der Waals surface area contributed by atoms with Gasteiger partial charge in [-0.1, -0.05) is 0 Å². The summed E-state index contributed by atoms with van der Waals surface area (Å²) in [5.41, 5.74) is 11.6. The van der Waals surface area contributed by atoms with E-state index in [1.165, 1.54) is 12.3 Å². The first-order valence-corrected chi connectivity index (χ1v) is 5.51. The zero-order valence-electron chi connectivity index (χ0n) is 9.64. The maximum Gasteiger partial charge on any atom is 0.252 e. The molecule has 1 fully saturated rings. The highest BCUT2D eigenvalue weighted by molar-refractivity contribution is 5.98. The molecule has 2 rings (SSSR count). The Bertz CT molecular complexity index is 435. The largest absolute Gasteiger partial charge is 0.397 e. The van der Waals surface area contributed by atoms with Crippen LogP contribution in [0.5, 0.6) is 0 Å². The fraction of sp³-hybridized carbons (Fsp3) is 0.455. The summed E-state index contributed by atoms with van der Waals surface area (Å²) < 4.78 is 5.43. The van der Waals surface area contributed by atoms with Crippen molar-refractivity contribution in [3.8, 4) is 0 Å². The number of carbonyl (C=O) groups is 1. The van der Waals surface area contributed by atoms with Gasteiger partial charge in [-0.25, -0.2) is 4.98 Å². The molecule has 0 radical (unpaired) electrons. The highest BCUT2D eigenvalue weighted by atomic mass is 16.5. The minimum Gasteiger partial charge on any atom is -0.397 e. The van der Waals surface area contributed by atoms with Crippen molar-refractivity contribution in [2.24, 2.45) is 5.73 Å². The molecule has 0 spiro atoms. The molecule has 6 nitrogen and oxygen atoms in total. The Morgan fingerprint density at radius 3 is 3.00 bits per heavy atom. The van der Waals surface area contributed by atoms with E-state index >= 15 is 0 Å². The molecule has 92 valence electrons. The molecule has 17 heavy (non-hydrogen) atoms. The molecule has 5 N–H and O–H groups in total. The molecular formula is C11H16N4O2. The molecule has 1 saturated heterocycles. The average Bonchev–Trinajstić information content (AvgIpc) is 2.67. The fourth-order valence-electron chi connectivity index (χ4n) is 1.88. The van der Waals surface area contributed by atoms with Gasteiger partial charge >= 0.3 is 0 Å². The van der Waals surface area contributed by atoms with Crippen LogP contribution in [0.15, 0.2) is 12.3 Å². The summed E-state index contributed by atoms with van der Waals surface area (Å²) in [5.74, 6) is -0.0760. The molecule has 2 unspecified atom stereocenters. The monoisotopic (exact) mass is 236 g/mol. The number of nitrogens with one attached hydrogen (secondary N) is 1. The van der Waals surface area contributed by atoms with Crippen LogP contribution in [-0.2, 0) is 4.74 Å². The minimum absolute atomic E-state index is 0.0927. The summed E-state index contributed by atoms with van der Waals surface area (Å²) in [6.45, 7) is 2.69. The Labute approximate surface area is 99.3 Å². The topological polar surface area (TPSA) is 103 Å². The molecule has 0 aromatic carbocycles. The van der Waals surface area contributed by atoms with Crippen molar-refractivity contribution < 1.29 is 9.53 Å². The van der Waals surface area contributed by atoms with Crippen molar-refractivity contribution in [3.63, 3.8) is 0 Å². The average molecular weight is 236 g/mol. The van der Waals surface area contributed by atoms with Gasteiger partial charge in [-0.3, -0.25) is 4.79 Å². The molecule has 2 atom stereocenters. The van der Waals surface area contributed by atoms with Gasteiger partial charge in [0.2, 0.25) is 0 Å². The van der Waals surface area contributed by atoms with Crippen LogP contribution in [-0.4, -0.2) is 29.6 Å². The van der Waals surface area contributed by atoms with Gasteiger partial charge in [-0.2, -0.15) is 0 Å². The Hall–Kier alpha value is -1.82. The summed E-state index contributed by atoms with van der Waals surface area (Å²) in [6.07, 6.45) is 2.47. The number of pyridine rings is 1. The zero-order valence-corrected chi connectivity index (χ0v) is 9.64. The second-order valence-corrected chi connectivity index (χ2v) is 4.14. The number of carbonyl (C=O) groups excluding carboxylic acids is 1. The van der Waals surface area contributed by atoms with E-state index in [-0.39, 0.29) is 12.1 Å². The first-order chi connectivity index (χ1) is 8.08. The quantitative estimate of drug-likeness (QED) is 0.702. The van der Waals surface area contributed by atoms with Crippen LogP contribution >= 0.6 is 0 Å². The van der Waals surface area contributed by atoms with Gasteiger partial charge in [-0.15, -0.1) is 0 Å². The Morgan fingerprint density at radius 2 is 2.41 bits per heavy atom. The Kier molecular flexibility index (Phi) is 3.14. The van der Waals surface area contributed by atoms with Crippen molar-refractivity contribution >= 4 is 17.4 Å². The van der Waals surface area contributed by atoms with E-state index in [0.29, 0.717) is 23.7 Å². The van der Waals surface area contributed by atoms with Crippen LogP contribution in [0.4, 0.5) is 11.5 Å². The van der Waals surface area contributed by atoms with E-state index in [0.717, 1.165) is 6.42 Å². The number of anilines is 2. The predicted molar refractivity (Wildman–Crippen MR) is 64.6 cm³/mol. The molecule has 1 aromatic rings. The lowest BCUT2D eigenvalue weighted by atomic mass is 10.1. The van der Waals surface area contributed by atoms with Crippen LogP contribution in [0.3, 0.4) is 0 Å². The number of rotatable bonds is 3. The molecule has 2 heterocycles. The number of hydrogen-bond donors (Lipinski definition) is 3. The van der Waals surface area contributed by atoms with Gasteiger partial charge in [0.1, 0.15) is 5.82 Å². The van der Waals surface area contributed by atoms with E-state index < -0.39 is 5.91 Å². The number of nitrogens with two attached hydrogens (primary N) is 2. The van der Waals surface area contributed by atoms with E-state index in [1.54, 1.807) is 0 Å². The number of ether oxygens (including phenoxy) is 1. The van der Waals surface area contributed by atoms with Crippen molar-refractivity contribution in [1.82, 2.24) is 4.98 Å². The highest BCUT2D eigenvalue weighted by Crippen LogP contribution is 2.21.